The Hall–Kier alpha value is -2.56. The molecule has 1 aliphatic rings. The summed E-state index contributed by atoms with van der Waals surface area (Å²) in [5.41, 5.74) is 1.67. The number of hydrogen-bond acceptors (Lipinski definition) is 4. The minimum Gasteiger partial charge on any atom is -0.459 e. The van der Waals surface area contributed by atoms with E-state index in [4.69, 9.17) is 4.42 Å². The minimum atomic E-state index is -0.290. The Bertz CT molecular complexity index is 831. The highest BCUT2D eigenvalue weighted by atomic mass is 127. The van der Waals surface area contributed by atoms with Gasteiger partial charge in [-0.3, -0.25) is 9.59 Å². The molecular formula is C21H28IN5O3. The van der Waals surface area contributed by atoms with Gasteiger partial charge in [0.25, 0.3) is 5.91 Å². The van der Waals surface area contributed by atoms with Gasteiger partial charge in [0, 0.05) is 25.3 Å². The molecule has 0 bridgehead atoms. The number of nitrogens with one attached hydrogen (secondary N) is 3. The summed E-state index contributed by atoms with van der Waals surface area (Å²) < 4.78 is 5.08. The SMILES string of the molecule is CCNC(=NCc1ccc(NC(=O)c2ccco2)cc1)NCC(=O)N1CCCC1.I. The van der Waals surface area contributed by atoms with Gasteiger partial charge in [0.05, 0.1) is 19.4 Å². The Morgan fingerprint density at radius 1 is 1.10 bits per heavy atom. The molecule has 1 fully saturated rings. The van der Waals surface area contributed by atoms with E-state index in [0.717, 1.165) is 31.5 Å². The summed E-state index contributed by atoms with van der Waals surface area (Å²) in [6, 6.07) is 10.7. The van der Waals surface area contributed by atoms with E-state index in [1.54, 1.807) is 12.1 Å². The van der Waals surface area contributed by atoms with Gasteiger partial charge in [-0.15, -0.1) is 24.0 Å². The van der Waals surface area contributed by atoms with Crippen molar-refractivity contribution in [3.63, 3.8) is 0 Å². The van der Waals surface area contributed by atoms with E-state index in [1.807, 2.05) is 36.1 Å². The van der Waals surface area contributed by atoms with Gasteiger partial charge in [-0.2, -0.15) is 0 Å². The molecule has 2 amide bonds. The van der Waals surface area contributed by atoms with Crippen LogP contribution < -0.4 is 16.0 Å². The number of halogens is 1. The van der Waals surface area contributed by atoms with E-state index >= 15 is 0 Å². The average molecular weight is 525 g/mol. The molecule has 0 radical (unpaired) electrons. The van der Waals surface area contributed by atoms with Gasteiger partial charge in [-0.05, 0) is 49.6 Å². The molecule has 30 heavy (non-hydrogen) atoms. The van der Waals surface area contributed by atoms with Crippen LogP contribution in [0.3, 0.4) is 0 Å². The van der Waals surface area contributed by atoms with E-state index in [2.05, 4.69) is 20.9 Å². The summed E-state index contributed by atoms with van der Waals surface area (Å²) >= 11 is 0. The van der Waals surface area contributed by atoms with Crippen LogP contribution in [0.15, 0.2) is 52.1 Å². The first-order valence-electron chi connectivity index (χ1n) is 9.89. The predicted molar refractivity (Wildman–Crippen MR) is 127 cm³/mol. The Morgan fingerprint density at radius 2 is 1.83 bits per heavy atom. The molecule has 1 saturated heterocycles. The second kappa shape index (κ2) is 12.2. The van der Waals surface area contributed by atoms with Gasteiger partial charge < -0.3 is 25.3 Å². The fourth-order valence-corrected chi connectivity index (χ4v) is 3.04. The molecule has 3 N–H and O–H groups in total. The zero-order valence-electron chi connectivity index (χ0n) is 17.0. The number of carbonyl (C=O) groups excluding carboxylic acids is 2. The molecule has 0 spiro atoms. The average Bonchev–Trinajstić information content (AvgIpc) is 3.45. The Balaban J connectivity index is 0.00000320. The molecule has 3 rings (SSSR count). The molecule has 2 aromatic rings. The largest absolute Gasteiger partial charge is 0.459 e. The van der Waals surface area contributed by atoms with E-state index < -0.39 is 0 Å². The van der Waals surface area contributed by atoms with E-state index in [-0.39, 0.29) is 48.1 Å². The summed E-state index contributed by atoms with van der Waals surface area (Å²) in [4.78, 5) is 30.6. The highest BCUT2D eigenvalue weighted by Gasteiger charge is 2.17. The van der Waals surface area contributed by atoms with Crippen LogP contribution in [0, 0.1) is 0 Å². The number of aliphatic imine (C=N–C) groups is 1. The fourth-order valence-electron chi connectivity index (χ4n) is 3.04. The number of rotatable bonds is 7. The van der Waals surface area contributed by atoms with Crippen LogP contribution in [0.2, 0.25) is 0 Å². The van der Waals surface area contributed by atoms with Crippen LogP contribution in [-0.4, -0.2) is 48.9 Å². The van der Waals surface area contributed by atoms with E-state index in [9.17, 15) is 9.59 Å². The first-order valence-corrected chi connectivity index (χ1v) is 9.89. The summed E-state index contributed by atoms with van der Waals surface area (Å²) in [7, 11) is 0. The third-order valence-electron chi connectivity index (χ3n) is 4.59. The lowest BCUT2D eigenvalue weighted by Crippen LogP contribution is -2.44. The summed E-state index contributed by atoms with van der Waals surface area (Å²) in [6.45, 7) is 5.08. The van der Waals surface area contributed by atoms with E-state index in [1.165, 1.54) is 6.26 Å². The molecule has 9 heteroatoms. The number of amides is 2. The van der Waals surface area contributed by atoms with Crippen LogP contribution >= 0.6 is 24.0 Å². The molecule has 1 aromatic heterocycles. The van der Waals surface area contributed by atoms with Crippen LogP contribution in [0.5, 0.6) is 0 Å². The van der Waals surface area contributed by atoms with Gasteiger partial charge in [-0.25, -0.2) is 4.99 Å². The summed E-state index contributed by atoms with van der Waals surface area (Å²) in [6.07, 6.45) is 3.63. The van der Waals surface area contributed by atoms with Crippen LogP contribution in [0.25, 0.3) is 0 Å². The standard InChI is InChI=1S/C21H27N5O3.HI/c1-2-22-21(24-15-19(27)26-11-3-4-12-26)23-14-16-7-9-17(10-8-16)25-20(28)18-6-5-13-29-18;/h5-10,13H,2-4,11-12,14-15H2,1H3,(H,25,28)(H2,22,23,24);1H. The third-order valence-corrected chi connectivity index (χ3v) is 4.59. The minimum absolute atomic E-state index is 0. The maximum Gasteiger partial charge on any atom is 0.291 e. The second-order valence-corrected chi connectivity index (χ2v) is 6.76. The number of guanidine groups is 1. The lowest BCUT2D eigenvalue weighted by atomic mass is 10.2. The van der Waals surface area contributed by atoms with Crippen LogP contribution in [0.1, 0.15) is 35.9 Å². The zero-order chi connectivity index (χ0) is 20.5. The van der Waals surface area contributed by atoms with Crippen molar-refractivity contribution in [2.24, 2.45) is 4.99 Å². The Kier molecular flexibility index (Phi) is 9.65. The van der Waals surface area contributed by atoms with Crippen molar-refractivity contribution in [1.29, 1.82) is 0 Å². The maximum atomic E-state index is 12.2. The molecule has 0 aliphatic carbocycles. The highest BCUT2D eigenvalue weighted by molar-refractivity contribution is 14.0. The molecule has 8 nitrogen and oxygen atoms in total. The van der Waals surface area contributed by atoms with Crippen molar-refractivity contribution in [1.82, 2.24) is 15.5 Å². The lowest BCUT2D eigenvalue weighted by molar-refractivity contribution is -0.128. The van der Waals surface area contributed by atoms with Crippen molar-refractivity contribution in [2.75, 3.05) is 31.5 Å². The van der Waals surface area contributed by atoms with Crippen LogP contribution in [0.4, 0.5) is 5.69 Å². The quantitative estimate of drug-likeness (QED) is 0.294. The van der Waals surface area contributed by atoms with E-state index in [0.29, 0.717) is 24.7 Å². The number of benzene rings is 1. The number of anilines is 1. The summed E-state index contributed by atoms with van der Waals surface area (Å²) in [5, 5.41) is 9.03. The van der Waals surface area contributed by atoms with Crippen molar-refractivity contribution < 1.29 is 14.0 Å². The number of carbonyl (C=O) groups is 2. The smallest absolute Gasteiger partial charge is 0.291 e. The molecule has 0 atom stereocenters. The molecule has 1 aromatic carbocycles. The number of nitrogens with zero attached hydrogens (tertiary/aromatic N) is 2. The van der Waals surface area contributed by atoms with Gasteiger partial charge in [-0.1, -0.05) is 12.1 Å². The molecule has 0 unspecified atom stereocenters. The third kappa shape index (κ3) is 7.05. The van der Waals surface area contributed by atoms with Gasteiger partial charge in [0.1, 0.15) is 0 Å². The molecular weight excluding hydrogens is 497 g/mol. The van der Waals surface area contributed by atoms with Gasteiger partial charge in [0.2, 0.25) is 5.91 Å². The zero-order valence-corrected chi connectivity index (χ0v) is 19.3. The van der Waals surface area contributed by atoms with Crippen molar-refractivity contribution in [3.8, 4) is 0 Å². The summed E-state index contributed by atoms with van der Waals surface area (Å²) in [5.74, 6) is 0.686. The number of furan rings is 1. The number of likely N-dealkylation sites (tertiary alicyclic amines) is 1. The first kappa shape index (κ1) is 23.7. The highest BCUT2D eigenvalue weighted by Crippen LogP contribution is 2.12. The predicted octanol–water partition coefficient (Wildman–Crippen LogP) is 2.83. The maximum absolute atomic E-state index is 12.2. The van der Waals surface area contributed by atoms with Crippen molar-refractivity contribution >= 4 is 47.4 Å². The Morgan fingerprint density at radius 3 is 2.47 bits per heavy atom. The second-order valence-electron chi connectivity index (χ2n) is 6.76. The lowest BCUT2D eigenvalue weighted by Gasteiger charge is -2.17. The topological polar surface area (TPSA) is 99.0 Å². The monoisotopic (exact) mass is 525 g/mol. The molecule has 1 aliphatic heterocycles. The van der Waals surface area contributed by atoms with Crippen molar-refractivity contribution in [2.45, 2.75) is 26.3 Å². The number of hydrogen-bond donors (Lipinski definition) is 3. The first-order chi connectivity index (χ1) is 14.2. The Labute approximate surface area is 193 Å². The van der Waals surface area contributed by atoms with Gasteiger partial charge >= 0.3 is 0 Å². The van der Waals surface area contributed by atoms with Crippen LogP contribution in [-0.2, 0) is 11.3 Å². The molecule has 162 valence electrons. The molecule has 0 saturated carbocycles. The van der Waals surface area contributed by atoms with Gasteiger partial charge in [0.15, 0.2) is 11.7 Å². The molecule has 2 heterocycles. The normalized spacial score (nSPS) is 13.5. The van der Waals surface area contributed by atoms with Crippen molar-refractivity contribution in [3.05, 3.63) is 54.0 Å². The fraction of sp³-hybridized carbons (Fsp3) is 0.381.